The van der Waals surface area contributed by atoms with E-state index < -0.39 is 92.8 Å². The Morgan fingerprint density at radius 1 is 0.458 bits per heavy atom. The van der Waals surface area contributed by atoms with Crippen LogP contribution in [0.15, 0.2) is 0 Å². The van der Waals surface area contributed by atoms with E-state index in [1.807, 2.05) is 41.5 Å². The second-order valence-corrected chi connectivity index (χ2v) is 23.3. The van der Waals surface area contributed by atoms with Crippen molar-refractivity contribution in [1.82, 2.24) is 0 Å². The number of carbonyl (C=O) groups excluding carboxylic acids is 6. The van der Waals surface area contributed by atoms with Gasteiger partial charge in [0, 0.05) is 0 Å². The van der Waals surface area contributed by atoms with Gasteiger partial charge >= 0.3 is 35.8 Å². The fraction of sp³-hybridized carbons (Fsp3) is 0.870. The molecule has 0 radical (unpaired) electrons. The van der Waals surface area contributed by atoms with Crippen LogP contribution < -0.4 is 5.73 Å². The van der Waals surface area contributed by atoms with Gasteiger partial charge in [-0.3, -0.25) is 34.5 Å². The maximum absolute atomic E-state index is 13.9. The molecular formula is C46H83NO12. The van der Waals surface area contributed by atoms with Crippen LogP contribution in [-0.2, 0) is 57.2 Å². The number of hydrogen-bond acceptors (Lipinski definition) is 13. The van der Waals surface area contributed by atoms with E-state index in [1.54, 1.807) is 104 Å². The zero-order valence-electron chi connectivity index (χ0n) is 40.7. The second-order valence-electron chi connectivity index (χ2n) is 23.3. The highest BCUT2D eigenvalue weighted by Crippen LogP contribution is 2.39. The molecule has 0 aromatic heterocycles. The van der Waals surface area contributed by atoms with Crippen LogP contribution in [-0.4, -0.2) is 72.6 Å². The summed E-state index contributed by atoms with van der Waals surface area (Å²) in [6, 6.07) is 0. The molecule has 4 atom stereocenters. The van der Waals surface area contributed by atoms with E-state index in [0.29, 0.717) is 12.8 Å². The summed E-state index contributed by atoms with van der Waals surface area (Å²) in [5.74, 6) is -4.29. The third-order valence-corrected chi connectivity index (χ3v) is 9.29. The molecule has 0 heterocycles. The van der Waals surface area contributed by atoms with Gasteiger partial charge in [-0.05, 0) is 133 Å². The lowest BCUT2D eigenvalue weighted by Gasteiger charge is -2.36. The third kappa shape index (κ3) is 22.3. The van der Waals surface area contributed by atoms with Crippen molar-refractivity contribution < 1.29 is 57.2 Å². The number of carbonyl (C=O) groups is 6. The Morgan fingerprint density at radius 3 is 1.15 bits per heavy atom. The molecule has 0 aromatic carbocycles. The van der Waals surface area contributed by atoms with E-state index in [2.05, 4.69) is 0 Å². The Morgan fingerprint density at radius 2 is 0.797 bits per heavy atom. The van der Waals surface area contributed by atoms with Gasteiger partial charge in [-0.15, -0.1) is 0 Å². The SMILES string of the molecule is CC(CC(C)C(=O)OC(C)(C)C)C(=O)OCC(CC(C)(C)C)OC(=O)C(C)(C)CC(C)(C)C(=O)OC(COC(=O)C(C)(C)CC(C)(C)C(=O)OC(C)(C)N)CC(C)(C)C. The summed E-state index contributed by atoms with van der Waals surface area (Å²) in [5, 5.41) is 0. The largest absolute Gasteiger partial charge is 0.462 e. The molecule has 0 saturated carbocycles. The Labute approximate surface area is 356 Å². The van der Waals surface area contributed by atoms with Crippen LogP contribution in [0.2, 0.25) is 0 Å². The number of ether oxygens (including phenoxy) is 6. The first kappa shape index (κ1) is 55.8. The van der Waals surface area contributed by atoms with Crippen molar-refractivity contribution in [3.05, 3.63) is 0 Å². The summed E-state index contributed by atoms with van der Waals surface area (Å²) in [5.41, 5.74) is -1.01. The molecule has 0 spiro atoms. The first-order valence-electron chi connectivity index (χ1n) is 21.0. The smallest absolute Gasteiger partial charge is 0.313 e. The van der Waals surface area contributed by atoms with Crippen LogP contribution in [0.1, 0.15) is 178 Å². The predicted octanol–water partition coefficient (Wildman–Crippen LogP) is 8.90. The van der Waals surface area contributed by atoms with E-state index >= 15 is 0 Å². The van der Waals surface area contributed by atoms with Gasteiger partial charge < -0.3 is 28.4 Å². The molecular weight excluding hydrogens is 759 g/mol. The quantitative estimate of drug-likeness (QED) is 0.0657. The van der Waals surface area contributed by atoms with Crippen LogP contribution in [0.3, 0.4) is 0 Å². The van der Waals surface area contributed by atoms with Crippen molar-refractivity contribution in [1.29, 1.82) is 0 Å². The Balaban J connectivity index is 5.85. The first-order chi connectivity index (χ1) is 26.0. The monoisotopic (exact) mass is 842 g/mol. The second kappa shape index (κ2) is 20.6. The number of rotatable bonds is 21. The molecule has 59 heavy (non-hydrogen) atoms. The van der Waals surface area contributed by atoms with Crippen molar-refractivity contribution in [2.24, 2.45) is 50.1 Å². The minimum atomic E-state index is -1.18. The molecule has 0 aliphatic rings. The molecule has 0 aliphatic carbocycles. The molecule has 0 saturated heterocycles. The van der Waals surface area contributed by atoms with Crippen molar-refractivity contribution in [3.63, 3.8) is 0 Å². The summed E-state index contributed by atoms with van der Waals surface area (Å²) in [7, 11) is 0. The van der Waals surface area contributed by atoms with Gasteiger partial charge in [-0.1, -0.05) is 55.4 Å². The van der Waals surface area contributed by atoms with Gasteiger partial charge in [0.15, 0.2) is 5.72 Å². The van der Waals surface area contributed by atoms with E-state index in [1.165, 1.54) is 0 Å². The van der Waals surface area contributed by atoms with Gasteiger partial charge in [-0.25, -0.2) is 0 Å². The average Bonchev–Trinajstić information content (AvgIpc) is 2.97. The number of hydrogen-bond donors (Lipinski definition) is 1. The molecule has 2 N–H and O–H groups in total. The summed E-state index contributed by atoms with van der Waals surface area (Å²) in [6.07, 6.45) is -0.390. The summed E-state index contributed by atoms with van der Waals surface area (Å²) < 4.78 is 34.2. The van der Waals surface area contributed by atoms with Crippen LogP contribution in [0.5, 0.6) is 0 Å². The highest BCUT2D eigenvalue weighted by atomic mass is 16.6. The molecule has 0 bridgehead atoms. The maximum atomic E-state index is 13.9. The molecule has 0 aromatic rings. The molecule has 0 rings (SSSR count). The predicted molar refractivity (Wildman–Crippen MR) is 227 cm³/mol. The van der Waals surface area contributed by atoms with Crippen molar-refractivity contribution >= 4 is 35.8 Å². The van der Waals surface area contributed by atoms with Crippen molar-refractivity contribution in [3.8, 4) is 0 Å². The van der Waals surface area contributed by atoms with Gasteiger partial charge in [0.25, 0.3) is 0 Å². The Kier molecular flexibility index (Phi) is 19.4. The van der Waals surface area contributed by atoms with Gasteiger partial charge in [0.2, 0.25) is 0 Å². The van der Waals surface area contributed by atoms with Gasteiger partial charge in [-0.2, -0.15) is 0 Å². The molecule has 13 nitrogen and oxygen atoms in total. The molecule has 13 heteroatoms. The van der Waals surface area contributed by atoms with E-state index in [9.17, 15) is 28.8 Å². The normalized spacial score (nSPS) is 15.6. The number of nitrogens with two attached hydrogens (primary N) is 1. The minimum absolute atomic E-state index is 0.0547. The first-order valence-corrected chi connectivity index (χ1v) is 21.0. The van der Waals surface area contributed by atoms with Crippen LogP contribution in [0.4, 0.5) is 0 Å². The molecule has 4 unspecified atom stereocenters. The van der Waals surface area contributed by atoms with E-state index in [0.717, 1.165) is 0 Å². The maximum Gasteiger partial charge on any atom is 0.313 e. The lowest BCUT2D eigenvalue weighted by atomic mass is 9.75. The highest BCUT2D eigenvalue weighted by Gasteiger charge is 2.45. The molecule has 344 valence electrons. The topological polar surface area (TPSA) is 184 Å². The highest BCUT2D eigenvalue weighted by molar-refractivity contribution is 5.81. The third-order valence-electron chi connectivity index (χ3n) is 9.29. The summed E-state index contributed by atoms with van der Waals surface area (Å²) in [4.78, 5) is 79.4. The van der Waals surface area contributed by atoms with Crippen molar-refractivity contribution in [2.75, 3.05) is 13.2 Å². The van der Waals surface area contributed by atoms with Crippen LogP contribution in [0, 0.1) is 44.3 Å². The fourth-order valence-corrected chi connectivity index (χ4v) is 6.94. The molecule has 0 amide bonds. The zero-order valence-corrected chi connectivity index (χ0v) is 40.7. The van der Waals surface area contributed by atoms with Crippen molar-refractivity contribution in [2.45, 2.75) is 201 Å². The van der Waals surface area contributed by atoms with Crippen LogP contribution >= 0.6 is 0 Å². The molecule has 0 aliphatic heterocycles. The lowest BCUT2D eigenvalue weighted by Crippen LogP contribution is -2.44. The average molecular weight is 842 g/mol. The minimum Gasteiger partial charge on any atom is -0.462 e. The number of esters is 6. The molecule has 0 fully saturated rings. The Hall–Kier alpha value is -3.22. The van der Waals surface area contributed by atoms with Gasteiger partial charge in [0.05, 0.1) is 33.5 Å². The fourth-order valence-electron chi connectivity index (χ4n) is 6.94. The van der Waals surface area contributed by atoms with E-state index in [-0.39, 0.29) is 43.3 Å². The Bertz CT molecular complexity index is 1450. The lowest BCUT2D eigenvalue weighted by molar-refractivity contribution is -0.179. The van der Waals surface area contributed by atoms with Gasteiger partial charge in [0.1, 0.15) is 31.0 Å². The van der Waals surface area contributed by atoms with E-state index in [4.69, 9.17) is 34.2 Å². The standard InChI is InChI=1S/C46H83NO12/c1-29(22-30(2)34(49)58-41(9,10)11)33(48)54-25-31(23-39(3,4)5)56-36(51)43(14,15)28-44(16,17)37(52)57-32(24-40(6,7)8)26-55-35(50)42(12,13)27-45(18,19)38(53)59-46(20,21)47/h29-32H,22-28,47H2,1-21H3. The zero-order chi connectivity index (χ0) is 47.0. The summed E-state index contributed by atoms with van der Waals surface area (Å²) in [6.45, 7) is 36.8. The van der Waals surface area contributed by atoms with Crippen LogP contribution in [0.25, 0.3) is 0 Å². The summed E-state index contributed by atoms with van der Waals surface area (Å²) >= 11 is 0.